The Balaban J connectivity index is 1.21. The molecule has 4 rings (SSSR count). The van der Waals surface area contributed by atoms with Crippen molar-refractivity contribution in [3.8, 4) is 5.75 Å². The predicted octanol–water partition coefficient (Wildman–Crippen LogP) is 7.28. The van der Waals surface area contributed by atoms with Crippen molar-refractivity contribution in [2.24, 2.45) is 9.98 Å². The molecule has 0 saturated carbocycles. The molecule has 0 radical (unpaired) electrons. The molecule has 0 aliphatic carbocycles. The molecular formula is C39H43Cl2N7O4. The van der Waals surface area contributed by atoms with E-state index in [0.717, 1.165) is 22.5 Å². The summed E-state index contributed by atoms with van der Waals surface area (Å²) in [5.74, 6) is 1.35. The lowest BCUT2D eigenvalue weighted by Gasteiger charge is -2.16. The highest BCUT2D eigenvalue weighted by Gasteiger charge is 2.07. The Morgan fingerprint density at radius 1 is 0.769 bits per heavy atom. The first-order chi connectivity index (χ1) is 25.1. The lowest BCUT2D eigenvalue weighted by atomic mass is 10.1. The third kappa shape index (κ3) is 14.5. The predicted molar refractivity (Wildman–Crippen MR) is 212 cm³/mol. The van der Waals surface area contributed by atoms with Crippen molar-refractivity contribution in [2.75, 3.05) is 50.2 Å². The minimum atomic E-state index is -0.131. The molecule has 4 aromatic rings. The molecule has 0 bridgehead atoms. The molecule has 0 heterocycles. The van der Waals surface area contributed by atoms with Crippen LogP contribution in [0.25, 0.3) is 5.70 Å². The van der Waals surface area contributed by atoms with E-state index >= 15 is 0 Å². The van der Waals surface area contributed by atoms with E-state index < -0.39 is 0 Å². The number of amidine groups is 1. The SMILES string of the molecule is C=C(NC(=NC(C)=NCCOCCOCCNC(=O)c1ccccc1)Nc1ccc(O)cc1)Nc1ccc(C(=C)NCc2cc(Cl)cc(Cl)c2)cc1. The Hall–Kier alpha value is -5.33. The third-order valence-electron chi connectivity index (χ3n) is 7.15. The van der Waals surface area contributed by atoms with Crippen LogP contribution in [0.4, 0.5) is 11.4 Å². The first kappa shape index (κ1) is 39.5. The van der Waals surface area contributed by atoms with Crippen molar-refractivity contribution in [1.82, 2.24) is 16.0 Å². The van der Waals surface area contributed by atoms with Crippen LogP contribution in [-0.4, -0.2) is 62.3 Å². The standard InChI is InChI=1S/C39H43Cl2N7O4/c1-27(44-26-30-23-33(40)25-34(41)24-30)31-9-11-35(12-10-31)45-29(3)47-39(48-36-13-15-37(49)16-14-36)46-28(2)42-17-19-51-21-22-52-20-18-43-38(50)32-7-5-4-6-8-32/h4-16,23-25,44-45,49H,1,3,17-22,26H2,2H3,(H,43,50)(H2,42,46,47,48). The summed E-state index contributed by atoms with van der Waals surface area (Å²) in [4.78, 5) is 21.1. The number of nitrogens with zero attached hydrogens (tertiary/aromatic N) is 2. The van der Waals surface area contributed by atoms with Gasteiger partial charge in [0.05, 0.1) is 33.0 Å². The monoisotopic (exact) mass is 743 g/mol. The zero-order valence-corrected chi connectivity index (χ0v) is 30.4. The third-order valence-corrected chi connectivity index (χ3v) is 7.58. The number of benzene rings is 4. The van der Waals surface area contributed by atoms with Crippen molar-refractivity contribution in [1.29, 1.82) is 0 Å². The number of nitrogens with one attached hydrogen (secondary N) is 5. The van der Waals surface area contributed by atoms with Gasteiger partial charge >= 0.3 is 0 Å². The van der Waals surface area contributed by atoms with Crippen LogP contribution in [0.3, 0.4) is 0 Å². The molecular weight excluding hydrogens is 701 g/mol. The summed E-state index contributed by atoms with van der Waals surface area (Å²) in [6.45, 7) is 12.9. The van der Waals surface area contributed by atoms with Gasteiger partial charge in [-0.2, -0.15) is 0 Å². The number of aromatic hydroxyl groups is 1. The van der Waals surface area contributed by atoms with E-state index in [1.54, 1.807) is 49.4 Å². The molecule has 1 amide bonds. The van der Waals surface area contributed by atoms with Gasteiger partial charge in [-0.3, -0.25) is 9.79 Å². The number of phenols is 1. The van der Waals surface area contributed by atoms with Crippen molar-refractivity contribution >= 4 is 58.0 Å². The second-order valence-electron chi connectivity index (χ2n) is 11.3. The number of amides is 1. The largest absolute Gasteiger partial charge is 0.508 e. The average Bonchev–Trinajstić information content (AvgIpc) is 3.12. The average molecular weight is 745 g/mol. The summed E-state index contributed by atoms with van der Waals surface area (Å²) in [6, 6.07) is 28.8. The zero-order valence-electron chi connectivity index (χ0n) is 28.9. The summed E-state index contributed by atoms with van der Waals surface area (Å²) in [6.07, 6.45) is 0. The first-order valence-corrected chi connectivity index (χ1v) is 17.3. The minimum Gasteiger partial charge on any atom is -0.508 e. The Morgan fingerprint density at radius 3 is 2.10 bits per heavy atom. The van der Waals surface area contributed by atoms with Gasteiger partial charge in [0.25, 0.3) is 5.91 Å². The Labute approximate surface area is 314 Å². The summed E-state index contributed by atoms with van der Waals surface area (Å²) in [5.41, 5.74) is 4.73. The summed E-state index contributed by atoms with van der Waals surface area (Å²) in [7, 11) is 0. The number of rotatable bonds is 18. The molecule has 0 unspecified atom stereocenters. The van der Waals surface area contributed by atoms with Crippen LogP contribution < -0.4 is 26.6 Å². The van der Waals surface area contributed by atoms with E-state index in [2.05, 4.69) is 49.7 Å². The van der Waals surface area contributed by atoms with Crippen molar-refractivity contribution in [3.63, 3.8) is 0 Å². The number of aliphatic imine (C=N–C) groups is 2. The van der Waals surface area contributed by atoms with Gasteiger partial charge < -0.3 is 41.2 Å². The fraction of sp³-hybridized carbons (Fsp3) is 0.205. The molecule has 272 valence electrons. The highest BCUT2D eigenvalue weighted by atomic mass is 35.5. The number of carbonyl (C=O) groups excluding carboxylic acids is 1. The van der Waals surface area contributed by atoms with Gasteiger partial charge in [-0.05, 0) is 84.8 Å². The Morgan fingerprint density at radius 2 is 1.40 bits per heavy atom. The Bertz CT molecular complexity index is 1810. The van der Waals surface area contributed by atoms with Crippen LogP contribution in [0.1, 0.15) is 28.4 Å². The van der Waals surface area contributed by atoms with Crippen LogP contribution in [-0.2, 0) is 16.0 Å². The molecule has 0 aromatic heterocycles. The smallest absolute Gasteiger partial charge is 0.251 e. The molecule has 52 heavy (non-hydrogen) atoms. The number of halogens is 2. The van der Waals surface area contributed by atoms with Gasteiger partial charge in [-0.25, -0.2) is 4.99 Å². The van der Waals surface area contributed by atoms with Gasteiger partial charge in [-0.1, -0.05) is 66.7 Å². The van der Waals surface area contributed by atoms with Crippen molar-refractivity contribution in [2.45, 2.75) is 13.5 Å². The Kier molecular flexibility index (Phi) is 16.0. The van der Waals surface area contributed by atoms with Gasteiger partial charge in [-0.15, -0.1) is 0 Å². The van der Waals surface area contributed by atoms with Crippen LogP contribution >= 0.6 is 23.2 Å². The number of hydrogen-bond acceptors (Lipinski definition) is 7. The van der Waals surface area contributed by atoms with Crippen LogP contribution in [0.5, 0.6) is 5.75 Å². The number of ether oxygens (including phenoxy) is 2. The second kappa shape index (κ2) is 21.1. The van der Waals surface area contributed by atoms with Gasteiger partial charge in [0.1, 0.15) is 17.4 Å². The lowest BCUT2D eigenvalue weighted by Crippen LogP contribution is -2.33. The fourth-order valence-electron chi connectivity index (χ4n) is 4.62. The van der Waals surface area contributed by atoms with Crippen molar-refractivity contribution < 1.29 is 19.4 Å². The fourth-order valence-corrected chi connectivity index (χ4v) is 5.19. The quantitative estimate of drug-likeness (QED) is 0.0271. The summed E-state index contributed by atoms with van der Waals surface area (Å²) >= 11 is 12.2. The molecule has 0 aliphatic rings. The number of guanidine groups is 1. The summed E-state index contributed by atoms with van der Waals surface area (Å²) in [5, 5.41) is 26.6. The van der Waals surface area contributed by atoms with E-state index in [1.807, 2.05) is 54.6 Å². The summed E-state index contributed by atoms with van der Waals surface area (Å²) < 4.78 is 11.2. The minimum absolute atomic E-state index is 0.131. The number of carbonyl (C=O) groups is 1. The van der Waals surface area contributed by atoms with E-state index in [0.29, 0.717) is 85.0 Å². The maximum absolute atomic E-state index is 12.0. The highest BCUT2D eigenvalue weighted by molar-refractivity contribution is 6.34. The molecule has 0 fully saturated rings. The van der Waals surface area contributed by atoms with E-state index in [9.17, 15) is 9.90 Å². The number of anilines is 2. The molecule has 4 aromatic carbocycles. The zero-order chi connectivity index (χ0) is 37.1. The molecule has 0 atom stereocenters. The molecule has 11 nitrogen and oxygen atoms in total. The number of phenolic OH excluding ortho intramolecular Hbond substituents is 1. The van der Waals surface area contributed by atoms with Gasteiger partial charge in [0.15, 0.2) is 0 Å². The van der Waals surface area contributed by atoms with Crippen LogP contribution in [0.15, 0.2) is 126 Å². The lowest BCUT2D eigenvalue weighted by molar-refractivity contribution is 0.0512. The molecule has 6 N–H and O–H groups in total. The first-order valence-electron chi connectivity index (χ1n) is 16.5. The normalized spacial score (nSPS) is 11.4. The van der Waals surface area contributed by atoms with Gasteiger partial charge in [0.2, 0.25) is 5.96 Å². The topological polar surface area (TPSA) is 141 Å². The van der Waals surface area contributed by atoms with Crippen LogP contribution in [0, 0.1) is 0 Å². The van der Waals surface area contributed by atoms with E-state index in [4.69, 9.17) is 32.7 Å². The van der Waals surface area contributed by atoms with E-state index in [1.165, 1.54) is 0 Å². The maximum atomic E-state index is 12.0. The van der Waals surface area contributed by atoms with E-state index in [-0.39, 0.29) is 11.7 Å². The molecule has 0 spiro atoms. The number of hydrogen-bond donors (Lipinski definition) is 6. The van der Waals surface area contributed by atoms with Crippen molar-refractivity contribution in [3.05, 3.63) is 143 Å². The highest BCUT2D eigenvalue weighted by Crippen LogP contribution is 2.21. The van der Waals surface area contributed by atoms with Crippen LogP contribution in [0.2, 0.25) is 10.0 Å². The second-order valence-corrected chi connectivity index (χ2v) is 12.2. The maximum Gasteiger partial charge on any atom is 0.251 e. The molecule has 0 aliphatic heterocycles. The molecule has 0 saturated heterocycles. The van der Waals surface area contributed by atoms with Gasteiger partial charge in [0, 0.05) is 45.8 Å². The molecule has 13 heteroatoms.